The lowest BCUT2D eigenvalue weighted by Crippen LogP contribution is -2.24. The largest absolute Gasteiger partial charge is 0.508 e. The number of phenols is 1. The quantitative estimate of drug-likeness (QED) is 0.228. The molecule has 0 saturated heterocycles. The number of nitrogens with zero attached hydrogens (tertiary/aromatic N) is 1. The molecule has 1 amide bonds. The fraction of sp³-hybridized carbons (Fsp3) is 0.667. The van der Waals surface area contributed by atoms with Gasteiger partial charge in [-0.2, -0.15) is 0 Å². The molecule has 0 unspecified atom stereocenters. The second-order valence-corrected chi connectivity index (χ2v) is 10.0. The van der Waals surface area contributed by atoms with Crippen molar-refractivity contribution in [2.75, 3.05) is 26.7 Å². The van der Waals surface area contributed by atoms with Gasteiger partial charge in [0.25, 0.3) is 5.91 Å². The first-order chi connectivity index (χ1) is 15.6. The van der Waals surface area contributed by atoms with Crippen molar-refractivity contribution in [3.05, 3.63) is 29.1 Å². The van der Waals surface area contributed by atoms with Crippen molar-refractivity contribution < 1.29 is 9.90 Å². The molecule has 1 aromatic carbocycles. The number of aromatic hydroxyl groups is 1. The van der Waals surface area contributed by atoms with E-state index in [4.69, 9.17) is 0 Å². The summed E-state index contributed by atoms with van der Waals surface area (Å²) in [5.74, 6) is 0.166. The third kappa shape index (κ3) is 10.4. The summed E-state index contributed by atoms with van der Waals surface area (Å²) in [6, 6.07) is 5.20. The van der Waals surface area contributed by atoms with Crippen molar-refractivity contribution in [3.63, 3.8) is 0 Å². The number of carbonyl (C=O) groups is 1. The Labute approximate surface area is 199 Å². The molecule has 0 bridgehead atoms. The first-order valence-electron chi connectivity index (χ1n) is 12.8. The summed E-state index contributed by atoms with van der Waals surface area (Å²) in [7, 11) is 2.26. The number of unbranched alkanes of at least 4 members (excludes halogenated alkanes) is 11. The van der Waals surface area contributed by atoms with Crippen LogP contribution >= 0.6 is 11.3 Å². The van der Waals surface area contributed by atoms with E-state index in [1.807, 2.05) is 11.4 Å². The Morgan fingerprint density at radius 1 is 0.906 bits per heavy atom. The van der Waals surface area contributed by atoms with Gasteiger partial charge < -0.3 is 15.3 Å². The van der Waals surface area contributed by atoms with Crippen molar-refractivity contribution in [1.29, 1.82) is 0 Å². The van der Waals surface area contributed by atoms with Gasteiger partial charge in [0.05, 0.1) is 5.56 Å². The number of fused-ring (bicyclic) bond motifs is 1. The molecule has 5 heteroatoms. The van der Waals surface area contributed by atoms with Crippen LogP contribution in [0, 0.1) is 0 Å². The van der Waals surface area contributed by atoms with E-state index in [9.17, 15) is 9.90 Å². The van der Waals surface area contributed by atoms with E-state index in [0.717, 1.165) is 23.1 Å². The van der Waals surface area contributed by atoms with Gasteiger partial charge in [-0.05, 0) is 57.6 Å². The number of rotatable bonds is 18. The minimum absolute atomic E-state index is 0.0363. The van der Waals surface area contributed by atoms with Crippen LogP contribution in [0.15, 0.2) is 23.6 Å². The van der Waals surface area contributed by atoms with Crippen LogP contribution in [-0.4, -0.2) is 42.6 Å². The predicted molar refractivity (Wildman–Crippen MR) is 139 cm³/mol. The summed E-state index contributed by atoms with van der Waals surface area (Å²) in [5.41, 5.74) is 0.668. The molecule has 0 spiro atoms. The van der Waals surface area contributed by atoms with Crippen molar-refractivity contribution in [2.45, 2.75) is 90.4 Å². The molecule has 1 heterocycles. The van der Waals surface area contributed by atoms with Gasteiger partial charge in [0.1, 0.15) is 5.75 Å². The summed E-state index contributed by atoms with van der Waals surface area (Å²) in [6.07, 6.45) is 17.0. The van der Waals surface area contributed by atoms with Crippen LogP contribution in [0.1, 0.15) is 101 Å². The molecule has 2 aromatic rings. The molecule has 1 aromatic heterocycles. The van der Waals surface area contributed by atoms with Gasteiger partial charge in [0.15, 0.2) is 0 Å². The molecular formula is C27H44N2O2S. The topological polar surface area (TPSA) is 52.6 Å². The smallest absolute Gasteiger partial charge is 0.252 e. The molecule has 2 N–H and O–H groups in total. The second kappa shape index (κ2) is 16.1. The number of carbonyl (C=O) groups excluding carboxylic acids is 1. The standard InChI is InChI=1S/C27H44N2O2S/c1-3-4-5-6-8-11-14-19-29(2)20-15-12-9-7-10-13-18-28-27(31)25-22-32-26-17-16-23(30)21-24(25)26/h16-17,21-22,30H,3-15,18-20H2,1-2H3,(H,28,31). The monoisotopic (exact) mass is 460 g/mol. The normalized spacial score (nSPS) is 11.5. The van der Waals surface area contributed by atoms with Crippen LogP contribution in [0.25, 0.3) is 10.1 Å². The number of phenolic OH excluding ortho intramolecular Hbond substituents is 1. The molecular weight excluding hydrogens is 416 g/mol. The van der Waals surface area contributed by atoms with Crippen LogP contribution in [0.4, 0.5) is 0 Å². The van der Waals surface area contributed by atoms with Gasteiger partial charge in [0.2, 0.25) is 0 Å². The summed E-state index contributed by atoms with van der Waals surface area (Å²) in [5, 5.41) is 15.4. The van der Waals surface area contributed by atoms with Crippen molar-refractivity contribution >= 4 is 27.3 Å². The van der Waals surface area contributed by atoms with Gasteiger partial charge in [-0.3, -0.25) is 4.79 Å². The number of nitrogens with one attached hydrogen (secondary N) is 1. The van der Waals surface area contributed by atoms with E-state index in [-0.39, 0.29) is 11.7 Å². The lowest BCUT2D eigenvalue weighted by molar-refractivity contribution is 0.0955. The highest BCUT2D eigenvalue weighted by Gasteiger charge is 2.12. The highest BCUT2D eigenvalue weighted by atomic mass is 32.1. The fourth-order valence-corrected chi connectivity index (χ4v) is 5.08. The lowest BCUT2D eigenvalue weighted by Gasteiger charge is -2.16. The molecule has 0 aliphatic heterocycles. The zero-order valence-electron chi connectivity index (χ0n) is 20.3. The Hall–Kier alpha value is -1.59. The summed E-state index contributed by atoms with van der Waals surface area (Å²) < 4.78 is 1.03. The molecule has 0 radical (unpaired) electrons. The van der Waals surface area contributed by atoms with Crippen molar-refractivity contribution in [3.8, 4) is 5.75 Å². The zero-order chi connectivity index (χ0) is 23.0. The van der Waals surface area contributed by atoms with E-state index >= 15 is 0 Å². The highest BCUT2D eigenvalue weighted by molar-refractivity contribution is 7.17. The maximum Gasteiger partial charge on any atom is 0.252 e. The highest BCUT2D eigenvalue weighted by Crippen LogP contribution is 2.29. The molecule has 0 saturated carbocycles. The van der Waals surface area contributed by atoms with E-state index in [1.54, 1.807) is 23.5 Å². The Kier molecular flexibility index (Phi) is 13.4. The number of thiophene rings is 1. The average molecular weight is 461 g/mol. The zero-order valence-corrected chi connectivity index (χ0v) is 21.2. The Morgan fingerprint density at radius 3 is 2.16 bits per heavy atom. The Morgan fingerprint density at radius 2 is 1.50 bits per heavy atom. The molecule has 32 heavy (non-hydrogen) atoms. The van der Waals surface area contributed by atoms with Gasteiger partial charge in [-0.1, -0.05) is 71.1 Å². The SMILES string of the molecule is CCCCCCCCCN(C)CCCCCCCCNC(=O)c1csc2ccc(O)cc12. The van der Waals surface area contributed by atoms with E-state index in [1.165, 1.54) is 90.1 Å². The lowest BCUT2D eigenvalue weighted by atomic mass is 10.1. The number of benzene rings is 1. The predicted octanol–water partition coefficient (Wildman–Crippen LogP) is 7.36. The van der Waals surface area contributed by atoms with Gasteiger partial charge >= 0.3 is 0 Å². The third-order valence-corrected chi connectivity index (χ3v) is 7.16. The molecule has 0 atom stereocenters. The Bertz CT molecular complexity index is 774. The maximum atomic E-state index is 12.4. The third-order valence-electron chi connectivity index (χ3n) is 6.20. The van der Waals surface area contributed by atoms with Gasteiger partial charge in [0, 0.05) is 22.0 Å². The Balaban J connectivity index is 1.42. The fourth-order valence-electron chi connectivity index (χ4n) is 4.15. The van der Waals surface area contributed by atoms with Crippen LogP contribution < -0.4 is 5.32 Å². The number of hydrogen-bond acceptors (Lipinski definition) is 4. The summed E-state index contributed by atoms with van der Waals surface area (Å²) in [6.45, 7) is 5.45. The molecule has 4 nitrogen and oxygen atoms in total. The van der Waals surface area contributed by atoms with Crippen molar-refractivity contribution in [1.82, 2.24) is 10.2 Å². The second-order valence-electron chi connectivity index (χ2n) is 9.13. The first-order valence-corrected chi connectivity index (χ1v) is 13.7. The van der Waals surface area contributed by atoms with E-state index in [0.29, 0.717) is 5.56 Å². The summed E-state index contributed by atoms with van der Waals surface area (Å²) in [4.78, 5) is 14.9. The van der Waals surface area contributed by atoms with Crippen LogP contribution in [0.2, 0.25) is 0 Å². The number of hydrogen-bond donors (Lipinski definition) is 2. The van der Waals surface area contributed by atoms with Gasteiger partial charge in [-0.15, -0.1) is 11.3 Å². The summed E-state index contributed by atoms with van der Waals surface area (Å²) >= 11 is 1.54. The van der Waals surface area contributed by atoms with E-state index in [2.05, 4.69) is 24.2 Å². The van der Waals surface area contributed by atoms with Crippen LogP contribution in [0.3, 0.4) is 0 Å². The minimum atomic E-state index is -0.0363. The molecule has 180 valence electrons. The molecule has 0 aliphatic carbocycles. The molecule has 0 aliphatic rings. The molecule has 2 rings (SSSR count). The molecule has 0 fully saturated rings. The van der Waals surface area contributed by atoms with Gasteiger partial charge in [-0.25, -0.2) is 0 Å². The van der Waals surface area contributed by atoms with E-state index < -0.39 is 0 Å². The average Bonchev–Trinajstić information content (AvgIpc) is 3.20. The van der Waals surface area contributed by atoms with Crippen molar-refractivity contribution in [2.24, 2.45) is 0 Å². The number of amides is 1. The minimum Gasteiger partial charge on any atom is -0.508 e. The first kappa shape index (κ1) is 26.7. The van der Waals surface area contributed by atoms with Crippen LogP contribution in [-0.2, 0) is 0 Å². The van der Waals surface area contributed by atoms with Crippen LogP contribution in [0.5, 0.6) is 5.75 Å². The maximum absolute atomic E-state index is 12.4.